The van der Waals surface area contributed by atoms with Crippen molar-refractivity contribution < 1.29 is 36.2 Å². The van der Waals surface area contributed by atoms with Crippen molar-refractivity contribution in [2.24, 2.45) is 7.05 Å². The minimum absolute atomic E-state index is 0.0585. The summed E-state index contributed by atoms with van der Waals surface area (Å²) in [7, 11) is 1.73. The van der Waals surface area contributed by atoms with Crippen LogP contribution in [0, 0.1) is 0 Å². The largest absolute Gasteiger partial charge is 0.430 e. The molecule has 11 heteroatoms. The van der Waals surface area contributed by atoms with Gasteiger partial charge >= 0.3 is 12.4 Å². The number of aliphatic hydroxyl groups is 1. The molecule has 0 spiro atoms. The molecule has 0 unspecified atom stereocenters. The van der Waals surface area contributed by atoms with Crippen LogP contribution in [0.2, 0.25) is 0 Å². The number of rotatable bonds is 3. The van der Waals surface area contributed by atoms with E-state index >= 15 is 0 Å². The molecule has 0 aliphatic carbocycles. The third kappa shape index (κ3) is 3.90. The predicted octanol–water partition coefficient (Wildman–Crippen LogP) is 3.64. The number of hydrogen-bond donors (Lipinski definition) is 1. The van der Waals surface area contributed by atoms with E-state index in [1.807, 2.05) is 0 Å². The number of carbonyl (C=O) groups excluding carboxylic acids is 1. The third-order valence-corrected chi connectivity index (χ3v) is 5.08. The number of amides is 1. The minimum Gasteiger partial charge on any atom is -0.369 e. The second kappa shape index (κ2) is 7.60. The molecule has 0 atom stereocenters. The fourth-order valence-electron chi connectivity index (χ4n) is 3.54. The summed E-state index contributed by atoms with van der Waals surface area (Å²) in [5.41, 5.74) is -5.44. The van der Waals surface area contributed by atoms with Crippen LogP contribution >= 0.6 is 0 Å². The Morgan fingerprint density at radius 2 is 1.80 bits per heavy atom. The van der Waals surface area contributed by atoms with Crippen LogP contribution < -0.4 is 4.90 Å². The van der Waals surface area contributed by atoms with Gasteiger partial charge in [0, 0.05) is 31.0 Å². The summed E-state index contributed by atoms with van der Waals surface area (Å²) >= 11 is 0. The first-order valence-electron chi connectivity index (χ1n) is 9.11. The molecule has 164 valence electrons. The van der Waals surface area contributed by atoms with Crippen LogP contribution in [0.3, 0.4) is 0 Å². The van der Waals surface area contributed by atoms with Crippen molar-refractivity contribution in [3.05, 3.63) is 47.5 Å². The molecule has 2 heterocycles. The van der Waals surface area contributed by atoms with E-state index < -0.39 is 23.5 Å². The average Bonchev–Trinajstić information content (AvgIpc) is 2.92. The summed E-state index contributed by atoms with van der Waals surface area (Å²) in [6.07, 6.45) is -7.63. The van der Waals surface area contributed by atoms with E-state index in [4.69, 9.17) is 0 Å². The minimum atomic E-state index is -5.96. The van der Waals surface area contributed by atoms with Crippen molar-refractivity contribution in [1.29, 1.82) is 0 Å². The van der Waals surface area contributed by atoms with Gasteiger partial charge in [-0.2, -0.15) is 26.3 Å². The van der Waals surface area contributed by atoms with Gasteiger partial charge in [0.05, 0.1) is 18.4 Å². The number of anilines is 1. The maximum atomic E-state index is 13.2. The number of benzene rings is 1. The molecular weight excluding hydrogens is 416 g/mol. The van der Waals surface area contributed by atoms with E-state index in [2.05, 4.69) is 4.98 Å². The Morgan fingerprint density at radius 1 is 1.13 bits per heavy atom. The maximum absolute atomic E-state index is 13.2. The second-order valence-corrected chi connectivity index (χ2v) is 7.26. The Labute approximate surface area is 167 Å². The van der Waals surface area contributed by atoms with Crippen LogP contribution in [0.25, 0.3) is 0 Å². The molecule has 5 nitrogen and oxygen atoms in total. The highest BCUT2D eigenvalue weighted by atomic mass is 19.4. The standard InChI is InChI=1S/C19H19F6N3O2/c1-27-10-14(26-11-27)9-16(29)28-7-3-2-4-12-8-13(5-6-15(12)28)17(30,18(20,21)22)19(23,24)25/h5-6,8,10-11,30H,2-4,7,9H2,1H3. The summed E-state index contributed by atoms with van der Waals surface area (Å²) in [6.45, 7) is 0.279. The van der Waals surface area contributed by atoms with Gasteiger partial charge in [-0.15, -0.1) is 0 Å². The quantitative estimate of drug-likeness (QED) is 0.749. The number of aromatic nitrogens is 2. The fourth-order valence-corrected chi connectivity index (χ4v) is 3.54. The van der Waals surface area contributed by atoms with Gasteiger partial charge in [-0.25, -0.2) is 4.98 Å². The molecule has 0 radical (unpaired) electrons. The van der Waals surface area contributed by atoms with Crippen molar-refractivity contribution in [3.8, 4) is 0 Å². The van der Waals surface area contributed by atoms with Gasteiger partial charge in [0.1, 0.15) is 0 Å². The highest BCUT2D eigenvalue weighted by molar-refractivity contribution is 5.95. The molecule has 1 aromatic carbocycles. The van der Waals surface area contributed by atoms with Crippen molar-refractivity contribution in [3.63, 3.8) is 0 Å². The molecule has 1 amide bonds. The third-order valence-electron chi connectivity index (χ3n) is 5.08. The van der Waals surface area contributed by atoms with Crippen LogP contribution in [0.15, 0.2) is 30.7 Å². The number of fused-ring (bicyclic) bond motifs is 1. The van der Waals surface area contributed by atoms with Gasteiger partial charge in [0.15, 0.2) is 0 Å². The van der Waals surface area contributed by atoms with Crippen LogP contribution in [-0.2, 0) is 30.3 Å². The number of imidazole rings is 1. The molecule has 0 bridgehead atoms. The number of nitrogens with zero attached hydrogens (tertiary/aromatic N) is 3. The van der Waals surface area contributed by atoms with Gasteiger partial charge in [-0.1, -0.05) is 12.1 Å². The lowest BCUT2D eigenvalue weighted by atomic mass is 9.89. The average molecular weight is 435 g/mol. The number of aryl methyl sites for hydroxylation is 2. The number of alkyl halides is 6. The first kappa shape index (κ1) is 22.1. The summed E-state index contributed by atoms with van der Waals surface area (Å²) in [4.78, 5) is 18.2. The lowest BCUT2D eigenvalue weighted by Crippen LogP contribution is -2.54. The fraction of sp³-hybridized carbons (Fsp3) is 0.474. The molecule has 1 aromatic heterocycles. The monoisotopic (exact) mass is 435 g/mol. The highest BCUT2D eigenvalue weighted by Gasteiger charge is 2.71. The van der Waals surface area contributed by atoms with E-state index in [1.54, 1.807) is 17.8 Å². The Bertz CT molecular complexity index is 921. The van der Waals surface area contributed by atoms with Gasteiger partial charge in [0.2, 0.25) is 5.91 Å². The summed E-state index contributed by atoms with van der Waals surface area (Å²) < 4.78 is 80.9. The zero-order chi connectivity index (χ0) is 22.3. The Balaban J connectivity index is 2.00. The number of halogens is 6. The molecule has 1 aliphatic rings. The summed E-state index contributed by atoms with van der Waals surface area (Å²) in [5.74, 6) is -0.369. The molecule has 1 aliphatic heterocycles. The summed E-state index contributed by atoms with van der Waals surface area (Å²) in [5, 5.41) is 9.66. The van der Waals surface area contributed by atoms with E-state index in [0.717, 1.165) is 6.07 Å². The molecule has 1 N–H and O–H groups in total. The van der Waals surface area contributed by atoms with Crippen LogP contribution in [0.1, 0.15) is 29.7 Å². The van der Waals surface area contributed by atoms with Crippen molar-refractivity contribution >= 4 is 11.6 Å². The van der Waals surface area contributed by atoms with Crippen molar-refractivity contribution in [2.75, 3.05) is 11.4 Å². The maximum Gasteiger partial charge on any atom is 0.430 e. The van der Waals surface area contributed by atoms with Gasteiger partial charge in [-0.05, 0) is 30.9 Å². The van der Waals surface area contributed by atoms with Crippen LogP contribution in [-0.4, -0.2) is 39.5 Å². The molecule has 0 fully saturated rings. The SMILES string of the molecule is Cn1cnc(CC(=O)N2CCCCc3cc(C(O)(C(F)(F)F)C(F)(F)F)ccc32)c1. The van der Waals surface area contributed by atoms with Gasteiger partial charge < -0.3 is 14.6 Å². The lowest BCUT2D eigenvalue weighted by molar-refractivity contribution is -0.376. The number of carbonyl (C=O) groups is 1. The smallest absolute Gasteiger partial charge is 0.369 e. The summed E-state index contributed by atoms with van der Waals surface area (Å²) in [6, 6.07) is 2.31. The zero-order valence-electron chi connectivity index (χ0n) is 15.9. The molecule has 30 heavy (non-hydrogen) atoms. The van der Waals surface area contributed by atoms with E-state index in [1.165, 1.54) is 11.2 Å². The molecule has 0 saturated carbocycles. The van der Waals surface area contributed by atoms with Gasteiger partial charge in [0.25, 0.3) is 5.60 Å². The van der Waals surface area contributed by atoms with Gasteiger partial charge in [-0.3, -0.25) is 4.79 Å². The van der Waals surface area contributed by atoms with E-state index in [9.17, 15) is 36.2 Å². The molecule has 2 aromatic rings. The normalized spacial score (nSPS) is 15.7. The highest BCUT2D eigenvalue weighted by Crippen LogP contribution is 2.50. The first-order valence-corrected chi connectivity index (χ1v) is 9.11. The number of hydrogen-bond acceptors (Lipinski definition) is 3. The predicted molar refractivity (Wildman–Crippen MR) is 94.7 cm³/mol. The van der Waals surface area contributed by atoms with Crippen molar-refractivity contribution in [2.45, 2.75) is 43.6 Å². The van der Waals surface area contributed by atoms with Crippen LogP contribution in [0.4, 0.5) is 32.0 Å². The topological polar surface area (TPSA) is 58.4 Å². The molecular formula is C19H19F6N3O2. The molecule has 3 rings (SSSR count). The molecule has 0 saturated heterocycles. The Morgan fingerprint density at radius 3 is 2.37 bits per heavy atom. The first-order chi connectivity index (χ1) is 13.8. The zero-order valence-corrected chi connectivity index (χ0v) is 15.9. The second-order valence-electron chi connectivity index (χ2n) is 7.26. The van der Waals surface area contributed by atoms with Crippen molar-refractivity contribution in [1.82, 2.24) is 9.55 Å². The van der Waals surface area contributed by atoms with E-state index in [-0.39, 0.29) is 36.5 Å². The Hall–Kier alpha value is -2.56. The van der Waals surface area contributed by atoms with E-state index in [0.29, 0.717) is 30.7 Å². The Kier molecular flexibility index (Phi) is 5.61. The van der Waals surface area contributed by atoms with Crippen LogP contribution in [0.5, 0.6) is 0 Å². The lowest BCUT2D eigenvalue weighted by Gasteiger charge is -2.33.